The number of nitrogens with one attached hydrogen (secondary N) is 1. The SMILES string of the molecule is CC(O)c1noc(-c2cccc(=O)[nH]2)n1. The van der Waals surface area contributed by atoms with Gasteiger partial charge in [-0.15, -0.1) is 0 Å². The number of aromatic amines is 1. The van der Waals surface area contributed by atoms with Crippen molar-refractivity contribution in [2.45, 2.75) is 13.0 Å². The van der Waals surface area contributed by atoms with Crippen LogP contribution in [0.4, 0.5) is 0 Å². The fraction of sp³-hybridized carbons (Fsp3) is 0.222. The van der Waals surface area contributed by atoms with E-state index in [-0.39, 0.29) is 17.3 Å². The molecule has 15 heavy (non-hydrogen) atoms. The van der Waals surface area contributed by atoms with E-state index < -0.39 is 6.10 Å². The number of hydrogen-bond acceptors (Lipinski definition) is 5. The van der Waals surface area contributed by atoms with E-state index in [2.05, 4.69) is 15.1 Å². The van der Waals surface area contributed by atoms with Crippen molar-refractivity contribution in [1.82, 2.24) is 15.1 Å². The molecule has 0 aliphatic carbocycles. The van der Waals surface area contributed by atoms with E-state index in [9.17, 15) is 9.90 Å². The molecule has 6 nitrogen and oxygen atoms in total. The highest BCUT2D eigenvalue weighted by Gasteiger charge is 2.12. The van der Waals surface area contributed by atoms with Gasteiger partial charge < -0.3 is 14.6 Å². The van der Waals surface area contributed by atoms with Crippen molar-refractivity contribution < 1.29 is 9.63 Å². The zero-order valence-electron chi connectivity index (χ0n) is 7.97. The fourth-order valence-electron chi connectivity index (χ4n) is 1.09. The van der Waals surface area contributed by atoms with Gasteiger partial charge in [-0.05, 0) is 13.0 Å². The third-order valence-electron chi connectivity index (χ3n) is 1.81. The van der Waals surface area contributed by atoms with Crippen LogP contribution >= 0.6 is 0 Å². The summed E-state index contributed by atoms with van der Waals surface area (Å²) in [7, 11) is 0. The maximum Gasteiger partial charge on any atom is 0.274 e. The van der Waals surface area contributed by atoms with Crippen molar-refractivity contribution in [1.29, 1.82) is 0 Å². The van der Waals surface area contributed by atoms with E-state index >= 15 is 0 Å². The largest absolute Gasteiger partial charge is 0.385 e. The summed E-state index contributed by atoms with van der Waals surface area (Å²) in [4.78, 5) is 17.5. The molecule has 2 aromatic heterocycles. The number of aliphatic hydroxyl groups excluding tert-OH is 1. The van der Waals surface area contributed by atoms with E-state index in [1.54, 1.807) is 12.1 Å². The third-order valence-corrected chi connectivity index (χ3v) is 1.81. The molecule has 0 spiro atoms. The highest BCUT2D eigenvalue weighted by atomic mass is 16.5. The molecular weight excluding hydrogens is 198 g/mol. The lowest BCUT2D eigenvalue weighted by molar-refractivity contribution is 0.184. The van der Waals surface area contributed by atoms with Crippen molar-refractivity contribution in [2.24, 2.45) is 0 Å². The molecule has 2 rings (SSSR count). The number of rotatable bonds is 2. The topological polar surface area (TPSA) is 92.0 Å². The van der Waals surface area contributed by atoms with Gasteiger partial charge in [0.15, 0.2) is 5.82 Å². The van der Waals surface area contributed by atoms with Crippen molar-refractivity contribution in [3.63, 3.8) is 0 Å². The van der Waals surface area contributed by atoms with E-state index in [0.29, 0.717) is 5.69 Å². The van der Waals surface area contributed by atoms with Gasteiger partial charge in [0.25, 0.3) is 5.89 Å². The summed E-state index contributed by atoms with van der Waals surface area (Å²) in [6.45, 7) is 1.53. The molecule has 6 heteroatoms. The Kier molecular flexibility index (Phi) is 2.34. The minimum atomic E-state index is -0.794. The number of hydrogen-bond donors (Lipinski definition) is 2. The van der Waals surface area contributed by atoms with Gasteiger partial charge >= 0.3 is 0 Å². The maximum absolute atomic E-state index is 11.0. The van der Waals surface area contributed by atoms with Gasteiger partial charge in [0.1, 0.15) is 11.8 Å². The number of aromatic nitrogens is 3. The van der Waals surface area contributed by atoms with Crippen molar-refractivity contribution in [3.05, 3.63) is 34.4 Å². The zero-order chi connectivity index (χ0) is 10.8. The molecule has 78 valence electrons. The summed E-state index contributed by atoms with van der Waals surface area (Å²) in [5.74, 6) is 0.373. The fourth-order valence-corrected chi connectivity index (χ4v) is 1.09. The zero-order valence-corrected chi connectivity index (χ0v) is 7.97. The monoisotopic (exact) mass is 207 g/mol. The Morgan fingerprint density at radius 2 is 2.33 bits per heavy atom. The molecular formula is C9H9N3O3. The van der Waals surface area contributed by atoms with E-state index in [0.717, 1.165) is 0 Å². The van der Waals surface area contributed by atoms with Crippen LogP contribution in [0.15, 0.2) is 27.5 Å². The lowest BCUT2D eigenvalue weighted by Gasteiger charge is -1.93. The van der Waals surface area contributed by atoms with Crippen LogP contribution in [0.1, 0.15) is 18.9 Å². The molecule has 1 atom stereocenters. The van der Waals surface area contributed by atoms with E-state index in [1.165, 1.54) is 13.0 Å². The first kappa shape index (κ1) is 9.60. The molecule has 0 saturated carbocycles. The molecule has 1 unspecified atom stereocenters. The van der Waals surface area contributed by atoms with Crippen molar-refractivity contribution in [3.8, 4) is 11.6 Å². The van der Waals surface area contributed by atoms with Gasteiger partial charge in [-0.2, -0.15) is 4.98 Å². The first-order valence-electron chi connectivity index (χ1n) is 4.38. The summed E-state index contributed by atoms with van der Waals surface area (Å²) in [6.07, 6.45) is -0.794. The molecule has 0 fully saturated rings. The second-order valence-corrected chi connectivity index (χ2v) is 3.06. The number of H-pyrrole nitrogens is 1. The van der Waals surface area contributed by atoms with Gasteiger partial charge in [-0.3, -0.25) is 4.79 Å². The average Bonchev–Trinajstić information content (AvgIpc) is 2.66. The molecule has 0 saturated heterocycles. The molecule has 2 N–H and O–H groups in total. The van der Waals surface area contributed by atoms with Gasteiger partial charge in [0.2, 0.25) is 5.56 Å². The Morgan fingerprint density at radius 1 is 1.53 bits per heavy atom. The van der Waals surface area contributed by atoms with Crippen molar-refractivity contribution >= 4 is 0 Å². The van der Waals surface area contributed by atoms with E-state index in [4.69, 9.17) is 4.52 Å². The highest BCUT2D eigenvalue weighted by molar-refractivity contribution is 5.45. The van der Waals surface area contributed by atoms with Gasteiger partial charge in [-0.1, -0.05) is 11.2 Å². The summed E-state index contributed by atoms with van der Waals surface area (Å²) in [6, 6.07) is 4.61. The molecule has 0 bridgehead atoms. The lowest BCUT2D eigenvalue weighted by atomic mass is 10.3. The Hall–Kier alpha value is -1.95. The van der Waals surface area contributed by atoms with Crippen LogP contribution in [0.5, 0.6) is 0 Å². The number of aliphatic hydroxyl groups is 1. The van der Waals surface area contributed by atoms with Crippen LogP contribution in [0, 0.1) is 0 Å². The second-order valence-electron chi connectivity index (χ2n) is 3.06. The lowest BCUT2D eigenvalue weighted by Crippen LogP contribution is -2.03. The second kappa shape index (κ2) is 3.66. The third kappa shape index (κ3) is 1.94. The van der Waals surface area contributed by atoms with Crippen LogP contribution in [0.3, 0.4) is 0 Å². The Bertz CT molecular complexity index is 515. The Morgan fingerprint density at radius 3 is 2.93 bits per heavy atom. The first-order valence-corrected chi connectivity index (χ1v) is 4.38. The molecule has 0 aliphatic heterocycles. The predicted octanol–water partition coefficient (Wildman–Crippen LogP) is 0.478. The normalized spacial score (nSPS) is 12.7. The first-order chi connectivity index (χ1) is 7.16. The van der Waals surface area contributed by atoms with Gasteiger partial charge in [-0.25, -0.2) is 0 Å². The van der Waals surface area contributed by atoms with Crippen LogP contribution in [-0.4, -0.2) is 20.2 Å². The molecule has 0 radical (unpaired) electrons. The Balaban J connectivity index is 2.41. The Labute approximate surface area is 84.6 Å². The van der Waals surface area contributed by atoms with Crippen LogP contribution in [0.25, 0.3) is 11.6 Å². The minimum absolute atomic E-state index is 0.184. The van der Waals surface area contributed by atoms with Crippen molar-refractivity contribution in [2.75, 3.05) is 0 Å². The molecule has 2 aromatic rings. The van der Waals surface area contributed by atoms with Crippen LogP contribution in [0.2, 0.25) is 0 Å². The molecule has 2 heterocycles. The highest BCUT2D eigenvalue weighted by Crippen LogP contribution is 2.15. The average molecular weight is 207 g/mol. The molecule has 0 amide bonds. The standard InChI is InChI=1S/C9H9N3O3/c1-5(13)8-11-9(15-12-8)6-3-2-4-7(14)10-6/h2-5,13H,1H3,(H,10,14). The van der Waals surface area contributed by atoms with Crippen LogP contribution in [-0.2, 0) is 0 Å². The smallest absolute Gasteiger partial charge is 0.274 e. The number of pyridine rings is 1. The predicted molar refractivity (Wildman–Crippen MR) is 51.0 cm³/mol. The molecule has 0 aliphatic rings. The summed E-state index contributed by atoms with van der Waals surface area (Å²) < 4.78 is 4.88. The summed E-state index contributed by atoms with van der Waals surface area (Å²) >= 11 is 0. The summed E-state index contributed by atoms with van der Waals surface area (Å²) in [5, 5.41) is 12.7. The van der Waals surface area contributed by atoms with Gasteiger partial charge in [0.05, 0.1) is 0 Å². The van der Waals surface area contributed by atoms with Crippen LogP contribution < -0.4 is 5.56 Å². The maximum atomic E-state index is 11.0. The minimum Gasteiger partial charge on any atom is -0.385 e. The molecule has 0 aromatic carbocycles. The van der Waals surface area contributed by atoms with E-state index in [1.807, 2.05) is 0 Å². The van der Waals surface area contributed by atoms with Gasteiger partial charge in [0, 0.05) is 6.07 Å². The summed E-state index contributed by atoms with van der Waals surface area (Å²) in [5.41, 5.74) is 0.186. The quantitative estimate of drug-likeness (QED) is 0.747. The number of nitrogens with zero attached hydrogens (tertiary/aromatic N) is 2.